The van der Waals surface area contributed by atoms with Crippen molar-refractivity contribution in [2.45, 2.75) is 19.9 Å². The molecule has 0 aliphatic heterocycles. The second kappa shape index (κ2) is 8.07. The summed E-state index contributed by atoms with van der Waals surface area (Å²) in [5.41, 5.74) is 1.24. The minimum absolute atomic E-state index is 0.758. The van der Waals surface area contributed by atoms with Crippen LogP contribution in [0.2, 0.25) is 5.02 Å². The second-order valence-corrected chi connectivity index (χ2v) is 4.94. The van der Waals surface area contributed by atoms with Crippen molar-refractivity contribution >= 4 is 27.5 Å². The lowest BCUT2D eigenvalue weighted by molar-refractivity contribution is 0.606. The Kier molecular flexibility index (Phi) is 7.05. The summed E-state index contributed by atoms with van der Waals surface area (Å²) >= 11 is 9.34. The van der Waals surface area contributed by atoms with E-state index in [1.807, 2.05) is 12.1 Å². The summed E-state index contributed by atoms with van der Waals surface area (Å²) in [7, 11) is 0. The van der Waals surface area contributed by atoms with Gasteiger partial charge in [-0.2, -0.15) is 0 Å². The number of benzene rings is 1. The number of hydrogen-bond donors (Lipinski definition) is 2. The monoisotopic (exact) mass is 304 g/mol. The third-order valence-electron chi connectivity index (χ3n) is 2.22. The van der Waals surface area contributed by atoms with Gasteiger partial charge in [-0.15, -0.1) is 0 Å². The van der Waals surface area contributed by atoms with Crippen LogP contribution in [0.1, 0.15) is 18.9 Å². The first-order chi connectivity index (χ1) is 7.74. The molecule has 90 valence electrons. The van der Waals surface area contributed by atoms with Crippen LogP contribution in [-0.4, -0.2) is 19.6 Å². The van der Waals surface area contributed by atoms with Crippen LogP contribution in [0.5, 0.6) is 0 Å². The third kappa shape index (κ3) is 5.30. The minimum atomic E-state index is 0.758. The van der Waals surface area contributed by atoms with E-state index in [9.17, 15) is 0 Å². The Bertz CT molecular complexity index is 318. The van der Waals surface area contributed by atoms with Crippen LogP contribution in [-0.2, 0) is 6.54 Å². The van der Waals surface area contributed by atoms with Crippen molar-refractivity contribution in [2.24, 2.45) is 0 Å². The van der Waals surface area contributed by atoms with E-state index in [4.69, 9.17) is 11.6 Å². The quantitative estimate of drug-likeness (QED) is 0.756. The average molecular weight is 306 g/mol. The molecule has 16 heavy (non-hydrogen) atoms. The highest BCUT2D eigenvalue weighted by Gasteiger charge is 1.98. The standard InChI is InChI=1S/C12H18BrClN2/c1-2-5-15-6-7-16-9-10-3-4-12(14)11(13)8-10/h3-4,8,15-16H,2,5-7,9H2,1H3. The second-order valence-electron chi connectivity index (χ2n) is 3.68. The molecule has 0 aromatic heterocycles. The Labute approximate surface area is 111 Å². The molecule has 0 radical (unpaired) electrons. The van der Waals surface area contributed by atoms with Crippen LogP contribution in [0.3, 0.4) is 0 Å². The molecule has 2 N–H and O–H groups in total. The first-order valence-corrected chi connectivity index (χ1v) is 6.76. The van der Waals surface area contributed by atoms with Crippen LogP contribution < -0.4 is 10.6 Å². The van der Waals surface area contributed by atoms with Crippen molar-refractivity contribution in [3.05, 3.63) is 33.3 Å². The molecule has 0 saturated carbocycles. The predicted molar refractivity (Wildman–Crippen MR) is 74.0 cm³/mol. The topological polar surface area (TPSA) is 24.1 Å². The molecule has 0 fully saturated rings. The smallest absolute Gasteiger partial charge is 0.0548 e. The van der Waals surface area contributed by atoms with E-state index in [-0.39, 0.29) is 0 Å². The predicted octanol–water partition coefficient (Wildman–Crippen LogP) is 3.19. The lowest BCUT2D eigenvalue weighted by atomic mass is 10.2. The van der Waals surface area contributed by atoms with Crippen LogP contribution in [0, 0.1) is 0 Å². The summed E-state index contributed by atoms with van der Waals surface area (Å²) in [6.45, 7) is 6.15. The van der Waals surface area contributed by atoms with E-state index in [0.717, 1.165) is 35.7 Å². The van der Waals surface area contributed by atoms with Gasteiger partial charge in [0.05, 0.1) is 5.02 Å². The summed E-state index contributed by atoms with van der Waals surface area (Å²) in [5.74, 6) is 0. The molecular weight excluding hydrogens is 288 g/mol. The third-order valence-corrected chi connectivity index (χ3v) is 3.43. The molecule has 0 saturated heterocycles. The zero-order chi connectivity index (χ0) is 11.8. The molecular formula is C12H18BrClN2. The molecule has 0 spiro atoms. The lowest BCUT2D eigenvalue weighted by Gasteiger charge is -2.06. The molecule has 0 aliphatic carbocycles. The summed E-state index contributed by atoms with van der Waals surface area (Å²) in [5, 5.41) is 7.49. The van der Waals surface area contributed by atoms with Gasteiger partial charge in [-0.05, 0) is 46.6 Å². The molecule has 0 amide bonds. The van der Waals surface area contributed by atoms with Crippen LogP contribution in [0.25, 0.3) is 0 Å². The Hall–Kier alpha value is -0.0900. The number of rotatable bonds is 7. The van der Waals surface area contributed by atoms with Gasteiger partial charge >= 0.3 is 0 Å². The van der Waals surface area contributed by atoms with Gasteiger partial charge in [0.25, 0.3) is 0 Å². The fourth-order valence-corrected chi connectivity index (χ4v) is 1.90. The zero-order valence-electron chi connectivity index (χ0n) is 9.52. The fourth-order valence-electron chi connectivity index (χ4n) is 1.36. The molecule has 4 heteroatoms. The normalized spacial score (nSPS) is 10.7. The van der Waals surface area contributed by atoms with Gasteiger partial charge in [0.2, 0.25) is 0 Å². The van der Waals surface area contributed by atoms with Crippen molar-refractivity contribution in [3.63, 3.8) is 0 Å². The summed E-state index contributed by atoms with van der Waals surface area (Å²) in [6, 6.07) is 6.01. The SMILES string of the molecule is CCCNCCNCc1ccc(Cl)c(Br)c1. The van der Waals surface area contributed by atoms with Crippen LogP contribution >= 0.6 is 27.5 Å². The maximum absolute atomic E-state index is 5.92. The highest BCUT2D eigenvalue weighted by Crippen LogP contribution is 2.22. The molecule has 1 aromatic carbocycles. The van der Waals surface area contributed by atoms with E-state index in [2.05, 4.69) is 39.6 Å². The molecule has 0 atom stereocenters. The molecule has 1 rings (SSSR count). The van der Waals surface area contributed by atoms with E-state index in [1.54, 1.807) is 0 Å². The molecule has 0 unspecified atom stereocenters. The van der Waals surface area contributed by atoms with Crippen molar-refractivity contribution in [3.8, 4) is 0 Å². The van der Waals surface area contributed by atoms with Gasteiger partial charge in [0.1, 0.15) is 0 Å². The van der Waals surface area contributed by atoms with Gasteiger partial charge in [0, 0.05) is 24.1 Å². The van der Waals surface area contributed by atoms with Gasteiger partial charge in [-0.25, -0.2) is 0 Å². The van der Waals surface area contributed by atoms with Crippen molar-refractivity contribution < 1.29 is 0 Å². The highest BCUT2D eigenvalue weighted by molar-refractivity contribution is 9.10. The zero-order valence-corrected chi connectivity index (χ0v) is 11.9. The summed E-state index contributed by atoms with van der Waals surface area (Å²) in [4.78, 5) is 0. The van der Waals surface area contributed by atoms with Gasteiger partial charge in [-0.1, -0.05) is 24.6 Å². The Balaban J connectivity index is 2.19. The average Bonchev–Trinajstić information content (AvgIpc) is 2.28. The maximum Gasteiger partial charge on any atom is 0.0548 e. The van der Waals surface area contributed by atoms with E-state index in [1.165, 1.54) is 12.0 Å². The van der Waals surface area contributed by atoms with Crippen LogP contribution in [0.4, 0.5) is 0 Å². The molecule has 0 aliphatic rings. The minimum Gasteiger partial charge on any atom is -0.315 e. The fraction of sp³-hybridized carbons (Fsp3) is 0.500. The number of hydrogen-bond acceptors (Lipinski definition) is 2. The molecule has 0 heterocycles. The van der Waals surface area contributed by atoms with E-state index >= 15 is 0 Å². The molecule has 1 aromatic rings. The van der Waals surface area contributed by atoms with Gasteiger partial charge < -0.3 is 10.6 Å². The van der Waals surface area contributed by atoms with Crippen molar-refractivity contribution in [1.82, 2.24) is 10.6 Å². The first kappa shape index (κ1) is 14.0. The number of nitrogens with one attached hydrogen (secondary N) is 2. The van der Waals surface area contributed by atoms with Gasteiger partial charge in [0.15, 0.2) is 0 Å². The van der Waals surface area contributed by atoms with Crippen LogP contribution in [0.15, 0.2) is 22.7 Å². The highest BCUT2D eigenvalue weighted by atomic mass is 79.9. The van der Waals surface area contributed by atoms with Crippen molar-refractivity contribution in [2.75, 3.05) is 19.6 Å². The van der Waals surface area contributed by atoms with E-state index in [0.29, 0.717) is 0 Å². The summed E-state index contributed by atoms with van der Waals surface area (Å²) < 4.78 is 0.956. The maximum atomic E-state index is 5.92. The van der Waals surface area contributed by atoms with E-state index < -0.39 is 0 Å². The Morgan fingerprint density at radius 1 is 1.19 bits per heavy atom. The Morgan fingerprint density at radius 3 is 2.62 bits per heavy atom. The Morgan fingerprint density at radius 2 is 1.94 bits per heavy atom. The first-order valence-electron chi connectivity index (χ1n) is 5.59. The van der Waals surface area contributed by atoms with Gasteiger partial charge in [-0.3, -0.25) is 0 Å². The lowest BCUT2D eigenvalue weighted by Crippen LogP contribution is -2.27. The molecule has 0 bridgehead atoms. The largest absolute Gasteiger partial charge is 0.315 e. The van der Waals surface area contributed by atoms with Crippen molar-refractivity contribution in [1.29, 1.82) is 0 Å². The summed E-state index contributed by atoms with van der Waals surface area (Å²) in [6.07, 6.45) is 1.18. The molecule has 2 nitrogen and oxygen atoms in total. The number of halogens is 2.